The second kappa shape index (κ2) is 11.1. The Bertz CT molecular complexity index is 563. The molecule has 1 aliphatic carbocycles. The molecule has 128 valence electrons. The molecule has 0 saturated heterocycles. The van der Waals surface area contributed by atoms with Crippen LogP contribution in [0.3, 0.4) is 0 Å². The van der Waals surface area contributed by atoms with Gasteiger partial charge in [-0.2, -0.15) is 29.3 Å². The first-order valence-electron chi connectivity index (χ1n) is 8.57. The molecule has 0 unspecified atom stereocenters. The van der Waals surface area contributed by atoms with Gasteiger partial charge in [0.1, 0.15) is 0 Å². The van der Waals surface area contributed by atoms with Gasteiger partial charge in [-0.3, -0.25) is 0 Å². The molecule has 24 heavy (non-hydrogen) atoms. The molecule has 3 heteroatoms. The first-order chi connectivity index (χ1) is 10.5. The minimum absolute atomic E-state index is 0. The molecule has 2 atom stereocenters. The average Bonchev–Trinajstić information content (AvgIpc) is 2.47. The molecule has 0 amide bonds. The van der Waals surface area contributed by atoms with E-state index in [1.54, 1.807) is 0 Å². The Kier molecular flexibility index (Phi) is 10.9. The molecular weight excluding hydrogens is 307 g/mol. The van der Waals surface area contributed by atoms with Crippen molar-refractivity contribution in [3.8, 4) is 5.75 Å². The molecule has 2 nitrogen and oxygen atoms in total. The number of unbranched alkanes of at least 4 members (excludes halogenated alkanes) is 2. The van der Waals surface area contributed by atoms with Crippen LogP contribution in [0.1, 0.15) is 69.9 Å². The van der Waals surface area contributed by atoms with Gasteiger partial charge in [0.15, 0.2) is 0 Å². The van der Waals surface area contributed by atoms with E-state index in [2.05, 4.69) is 39.5 Å². The number of hydrogen-bond acceptors (Lipinski definition) is 1. The van der Waals surface area contributed by atoms with Crippen molar-refractivity contribution in [2.45, 2.75) is 65.2 Å². The van der Waals surface area contributed by atoms with E-state index >= 15 is 0 Å². The number of benzene rings is 1. The van der Waals surface area contributed by atoms with E-state index < -0.39 is 0 Å². The summed E-state index contributed by atoms with van der Waals surface area (Å²) in [5, 5.41) is 12.6. The van der Waals surface area contributed by atoms with Crippen molar-refractivity contribution in [2.75, 3.05) is 0 Å². The Hall–Kier alpha value is -0.540. The Morgan fingerprint density at radius 1 is 1.38 bits per heavy atom. The summed E-state index contributed by atoms with van der Waals surface area (Å²) in [6, 6.07) is 7.16. The Morgan fingerprint density at radius 3 is 2.67 bits per heavy atom. The summed E-state index contributed by atoms with van der Waals surface area (Å²) in [7, 11) is 0. The largest absolute Gasteiger partial charge is 1.00 e. The van der Waals surface area contributed by atoms with E-state index in [0.717, 1.165) is 36.8 Å². The van der Waals surface area contributed by atoms with E-state index in [9.17, 15) is 5.11 Å². The number of hydrogen-bond donors (Lipinski definition) is 0. The predicted molar refractivity (Wildman–Crippen MR) is 96.9 cm³/mol. The summed E-state index contributed by atoms with van der Waals surface area (Å²) in [4.78, 5) is 0. The maximum atomic E-state index is 12.6. The van der Waals surface area contributed by atoms with Crippen molar-refractivity contribution >= 4 is 0 Å². The van der Waals surface area contributed by atoms with Crippen molar-refractivity contribution in [1.29, 1.82) is 0 Å². The van der Waals surface area contributed by atoms with Crippen molar-refractivity contribution in [3.63, 3.8) is 0 Å². The number of allylic oxidation sites excluding steroid dienone is 3. The van der Waals surface area contributed by atoms with E-state index in [1.165, 1.54) is 24.0 Å². The molecule has 0 fully saturated rings. The zero-order valence-corrected chi connectivity index (χ0v) is 17.8. The van der Waals surface area contributed by atoms with Crippen LogP contribution in [0.2, 0.25) is 0 Å². The van der Waals surface area contributed by atoms with Crippen LogP contribution >= 0.6 is 0 Å². The van der Waals surface area contributed by atoms with Gasteiger partial charge in [-0.05, 0) is 38.5 Å². The van der Waals surface area contributed by atoms with Crippen LogP contribution in [-0.2, 0) is 11.9 Å². The topological polar surface area (TPSA) is 56.1 Å². The van der Waals surface area contributed by atoms with Gasteiger partial charge in [0.25, 0.3) is 0 Å². The van der Waals surface area contributed by atoms with Crippen LogP contribution in [0.5, 0.6) is 5.75 Å². The molecule has 0 aliphatic heterocycles. The monoisotopic (exact) mass is 338 g/mol. The summed E-state index contributed by atoms with van der Waals surface area (Å²) < 4.78 is 0. The predicted octanol–water partition coefficient (Wildman–Crippen LogP) is 1.39. The second-order valence-corrected chi connectivity index (χ2v) is 6.77. The van der Waals surface area contributed by atoms with Gasteiger partial charge >= 0.3 is 29.6 Å². The Balaban J connectivity index is 0.00000264. The molecule has 1 aromatic carbocycles. The van der Waals surface area contributed by atoms with Gasteiger partial charge in [-0.1, -0.05) is 56.4 Å². The zero-order valence-electron chi connectivity index (χ0n) is 15.8. The first-order valence-corrected chi connectivity index (χ1v) is 8.57. The van der Waals surface area contributed by atoms with Gasteiger partial charge in [0.2, 0.25) is 0 Å². The third kappa shape index (κ3) is 6.07. The molecular formula is C21H31NaO2. The van der Waals surface area contributed by atoms with E-state index in [1.807, 2.05) is 12.1 Å². The summed E-state index contributed by atoms with van der Waals surface area (Å²) in [5.41, 5.74) is 4.51. The van der Waals surface area contributed by atoms with Crippen molar-refractivity contribution in [1.82, 2.24) is 0 Å². The molecule has 0 spiro atoms. The standard InChI is InChI=1S/C21H29O.Na.H2O/c1-5-6-7-8-17-10-12-19(21(22)14-17)20-13-16(4)9-11-18(20)15(2)3;;/h10,13-14,18,20,22H,2,5-9,11H2,1,3-4H3;;1H2/q-1;+1;/t18-,20+;;/m0../s1. The molecule has 0 radical (unpaired) electrons. The second-order valence-electron chi connectivity index (χ2n) is 6.77. The smallest absolute Gasteiger partial charge is 0.928 e. The van der Waals surface area contributed by atoms with Crippen LogP contribution < -0.4 is 34.7 Å². The Morgan fingerprint density at radius 2 is 2.08 bits per heavy atom. The molecule has 0 saturated carbocycles. The van der Waals surface area contributed by atoms with Crippen LogP contribution in [-0.4, -0.2) is 0 Å². The van der Waals surface area contributed by atoms with E-state index in [-0.39, 0.29) is 46.7 Å². The molecule has 1 aromatic rings. The third-order valence-electron chi connectivity index (χ3n) is 4.78. The molecule has 0 bridgehead atoms. The maximum Gasteiger partial charge on any atom is 1.00 e. The summed E-state index contributed by atoms with van der Waals surface area (Å²) in [6.07, 6.45) is 9.03. The summed E-state index contributed by atoms with van der Waals surface area (Å²) in [6.45, 7) is 10.6. The number of aryl methyl sites for hydroxylation is 1. The molecule has 0 heterocycles. The van der Waals surface area contributed by atoms with Crippen molar-refractivity contribution < 1.29 is 40.1 Å². The van der Waals surface area contributed by atoms with Gasteiger partial charge in [-0.15, -0.1) is 0 Å². The molecule has 0 aromatic heterocycles. The van der Waals surface area contributed by atoms with E-state index in [4.69, 9.17) is 0 Å². The van der Waals surface area contributed by atoms with Crippen LogP contribution in [0.4, 0.5) is 0 Å². The van der Waals surface area contributed by atoms with Gasteiger partial charge in [0.05, 0.1) is 0 Å². The SMILES string of the molecule is C=C(C)[C@@H]1CCC(C)=C[C@H]1c1[c-]cc(CCCCC)cc1[O-].[Na+].[OH3+]. The number of rotatable bonds is 6. The average molecular weight is 338 g/mol. The fourth-order valence-electron chi connectivity index (χ4n) is 3.42. The minimum Gasteiger partial charge on any atom is -0.928 e. The van der Waals surface area contributed by atoms with E-state index in [0.29, 0.717) is 5.92 Å². The van der Waals surface area contributed by atoms with Gasteiger partial charge in [-0.25, -0.2) is 5.75 Å². The summed E-state index contributed by atoms with van der Waals surface area (Å²) in [5.74, 6) is 0.679. The minimum atomic E-state index is 0. The fourth-order valence-corrected chi connectivity index (χ4v) is 3.42. The van der Waals surface area contributed by atoms with Crippen molar-refractivity contribution in [3.05, 3.63) is 53.1 Å². The normalized spacial score (nSPS) is 19.7. The molecule has 1 aliphatic rings. The Labute approximate surface area is 169 Å². The third-order valence-corrected chi connectivity index (χ3v) is 4.78. The van der Waals surface area contributed by atoms with Crippen LogP contribution in [0.25, 0.3) is 0 Å². The zero-order chi connectivity index (χ0) is 16.1. The molecule has 3 N–H and O–H groups in total. The van der Waals surface area contributed by atoms with Crippen LogP contribution in [0.15, 0.2) is 35.9 Å². The first kappa shape index (κ1) is 23.5. The molecule has 2 rings (SSSR count). The maximum absolute atomic E-state index is 12.6. The van der Waals surface area contributed by atoms with Gasteiger partial charge in [0, 0.05) is 0 Å². The quantitative estimate of drug-likeness (QED) is 0.254. The summed E-state index contributed by atoms with van der Waals surface area (Å²) >= 11 is 0. The van der Waals surface area contributed by atoms with Crippen LogP contribution in [0, 0.1) is 12.0 Å². The fraction of sp³-hybridized carbons (Fsp3) is 0.524. The van der Waals surface area contributed by atoms with Crippen molar-refractivity contribution in [2.24, 2.45) is 5.92 Å². The van der Waals surface area contributed by atoms with Gasteiger partial charge < -0.3 is 10.6 Å².